The van der Waals surface area contributed by atoms with E-state index in [0.717, 1.165) is 0 Å². The molecule has 3 aromatic rings. The Balaban J connectivity index is 1.92. The van der Waals surface area contributed by atoms with Gasteiger partial charge in [-0.2, -0.15) is 0 Å². The number of hydrogen-bond acceptors (Lipinski definition) is 7. The second-order valence-electron chi connectivity index (χ2n) is 4.75. The third-order valence-corrected chi connectivity index (χ3v) is 4.05. The van der Waals surface area contributed by atoms with Gasteiger partial charge in [-0.15, -0.1) is 11.3 Å². The van der Waals surface area contributed by atoms with Crippen molar-refractivity contribution in [2.24, 2.45) is 0 Å². The van der Waals surface area contributed by atoms with E-state index in [1.54, 1.807) is 29.9 Å². The molecule has 0 N–H and O–H groups in total. The van der Waals surface area contributed by atoms with Gasteiger partial charge >= 0.3 is 11.2 Å². The summed E-state index contributed by atoms with van der Waals surface area (Å²) in [6, 6.07) is 3.26. The van der Waals surface area contributed by atoms with Crippen LogP contribution >= 0.6 is 11.3 Å². The Hall–Kier alpha value is -2.94. The molecule has 8 nitrogen and oxygen atoms in total. The fourth-order valence-electron chi connectivity index (χ4n) is 2.07. The predicted octanol–water partition coefficient (Wildman–Crippen LogP) is 2.03. The molecule has 0 aromatic carbocycles. The Labute approximate surface area is 134 Å². The first-order valence-electron chi connectivity index (χ1n) is 6.62. The van der Waals surface area contributed by atoms with Crippen molar-refractivity contribution in [3.8, 4) is 10.8 Å². The third kappa shape index (κ3) is 2.99. The Bertz CT molecular complexity index is 920. The lowest BCUT2D eigenvalue weighted by Gasteiger charge is -2.04. The maximum Gasteiger partial charge on any atom is 0.336 e. The average Bonchev–Trinajstić information content (AvgIpc) is 2.99. The van der Waals surface area contributed by atoms with Gasteiger partial charge in [0, 0.05) is 29.5 Å². The minimum Gasteiger partial charge on any atom is -0.304 e. The number of nitrogens with zero attached hydrogens (tertiary/aromatic N) is 5. The van der Waals surface area contributed by atoms with Crippen molar-refractivity contribution in [1.29, 1.82) is 0 Å². The Kier molecular flexibility index (Phi) is 3.94. The van der Waals surface area contributed by atoms with E-state index in [1.807, 2.05) is 0 Å². The standard InChI is InChI=1S/C14H11N5O3S/c1-9-3-6-18(14(20)11(9)19(21)22)7-10-8-23-13(17-10)12-15-4-2-5-16-12/h2-6,8H,7H2,1H3. The van der Waals surface area contributed by atoms with Gasteiger partial charge in [0.2, 0.25) is 0 Å². The molecule has 23 heavy (non-hydrogen) atoms. The first-order valence-corrected chi connectivity index (χ1v) is 7.50. The first kappa shape index (κ1) is 15.0. The number of aryl methyl sites for hydroxylation is 1. The molecule has 0 aliphatic rings. The molecule has 0 saturated carbocycles. The lowest BCUT2D eigenvalue weighted by Crippen LogP contribution is -2.23. The largest absolute Gasteiger partial charge is 0.336 e. The lowest BCUT2D eigenvalue weighted by molar-refractivity contribution is -0.387. The van der Waals surface area contributed by atoms with Gasteiger partial charge in [-0.1, -0.05) is 0 Å². The molecule has 3 rings (SSSR count). The van der Waals surface area contributed by atoms with E-state index in [0.29, 0.717) is 22.1 Å². The van der Waals surface area contributed by atoms with Gasteiger partial charge in [-0.3, -0.25) is 14.9 Å². The minimum atomic E-state index is -0.654. The van der Waals surface area contributed by atoms with Gasteiger partial charge < -0.3 is 4.57 Å². The predicted molar refractivity (Wildman–Crippen MR) is 84.3 cm³/mol. The van der Waals surface area contributed by atoms with Gasteiger partial charge in [0.05, 0.1) is 17.2 Å². The number of aromatic nitrogens is 4. The molecule has 3 heterocycles. The van der Waals surface area contributed by atoms with Crippen molar-refractivity contribution in [2.45, 2.75) is 13.5 Å². The van der Waals surface area contributed by atoms with Crippen LogP contribution < -0.4 is 5.56 Å². The van der Waals surface area contributed by atoms with Crippen molar-refractivity contribution in [2.75, 3.05) is 0 Å². The number of thiazole rings is 1. The van der Waals surface area contributed by atoms with Crippen LogP contribution in [0, 0.1) is 17.0 Å². The smallest absolute Gasteiger partial charge is 0.304 e. The van der Waals surface area contributed by atoms with E-state index in [-0.39, 0.29) is 6.54 Å². The van der Waals surface area contributed by atoms with E-state index in [1.165, 1.54) is 29.0 Å². The van der Waals surface area contributed by atoms with Gasteiger partial charge in [0.15, 0.2) is 10.8 Å². The SMILES string of the molecule is Cc1ccn(Cc2csc(-c3ncccn3)n2)c(=O)c1[N+](=O)[O-]. The second kappa shape index (κ2) is 6.05. The van der Waals surface area contributed by atoms with E-state index < -0.39 is 16.2 Å². The molecule has 0 bridgehead atoms. The summed E-state index contributed by atoms with van der Waals surface area (Å²) in [7, 11) is 0. The van der Waals surface area contributed by atoms with Gasteiger partial charge in [0.25, 0.3) is 0 Å². The lowest BCUT2D eigenvalue weighted by atomic mass is 10.2. The summed E-state index contributed by atoms with van der Waals surface area (Å²) >= 11 is 1.36. The van der Waals surface area contributed by atoms with Crippen LogP contribution in [0.5, 0.6) is 0 Å². The molecule has 0 radical (unpaired) electrons. The number of hydrogen-bond donors (Lipinski definition) is 0. The fourth-order valence-corrected chi connectivity index (χ4v) is 2.82. The molecule has 0 atom stereocenters. The highest BCUT2D eigenvalue weighted by Crippen LogP contribution is 2.20. The molecule has 0 aliphatic carbocycles. The Morgan fingerprint density at radius 3 is 2.78 bits per heavy atom. The minimum absolute atomic E-state index is 0.156. The van der Waals surface area contributed by atoms with Crippen LogP contribution in [0.25, 0.3) is 10.8 Å². The highest BCUT2D eigenvalue weighted by Gasteiger charge is 2.18. The monoisotopic (exact) mass is 329 g/mol. The third-order valence-electron chi connectivity index (χ3n) is 3.17. The number of pyridine rings is 1. The molecule has 3 aromatic heterocycles. The summed E-state index contributed by atoms with van der Waals surface area (Å²) in [6.45, 7) is 1.70. The molecule has 0 saturated heterocycles. The van der Waals surface area contributed by atoms with Crippen LogP contribution in [0.4, 0.5) is 5.69 Å². The molecular weight excluding hydrogens is 318 g/mol. The van der Waals surface area contributed by atoms with Crippen LogP contribution in [0.3, 0.4) is 0 Å². The molecule has 9 heteroatoms. The Morgan fingerprint density at radius 2 is 2.09 bits per heavy atom. The van der Waals surface area contributed by atoms with Crippen molar-refractivity contribution in [1.82, 2.24) is 19.5 Å². The van der Waals surface area contributed by atoms with Gasteiger partial charge in [-0.25, -0.2) is 15.0 Å². The average molecular weight is 329 g/mol. The molecule has 116 valence electrons. The van der Waals surface area contributed by atoms with Gasteiger partial charge in [-0.05, 0) is 19.1 Å². The molecule has 0 fully saturated rings. The maximum absolute atomic E-state index is 12.2. The second-order valence-corrected chi connectivity index (χ2v) is 5.61. The van der Waals surface area contributed by atoms with Crippen LogP contribution in [0.1, 0.15) is 11.3 Å². The zero-order valence-corrected chi connectivity index (χ0v) is 12.9. The summed E-state index contributed by atoms with van der Waals surface area (Å²) < 4.78 is 1.27. The van der Waals surface area contributed by atoms with Crippen LogP contribution in [-0.2, 0) is 6.54 Å². The molecule has 0 amide bonds. The zero-order chi connectivity index (χ0) is 16.4. The molecular formula is C14H11N5O3S. The molecule has 0 unspecified atom stereocenters. The summed E-state index contributed by atoms with van der Waals surface area (Å²) in [4.78, 5) is 35.1. The normalized spacial score (nSPS) is 10.7. The quantitative estimate of drug-likeness (QED) is 0.536. The van der Waals surface area contributed by atoms with E-state index in [2.05, 4.69) is 15.0 Å². The Morgan fingerprint density at radius 1 is 1.35 bits per heavy atom. The van der Waals surface area contributed by atoms with Crippen molar-refractivity contribution in [3.05, 3.63) is 67.8 Å². The number of rotatable bonds is 4. The molecule has 0 aliphatic heterocycles. The van der Waals surface area contributed by atoms with Crippen molar-refractivity contribution < 1.29 is 4.92 Å². The zero-order valence-electron chi connectivity index (χ0n) is 12.0. The first-order chi connectivity index (χ1) is 11.1. The van der Waals surface area contributed by atoms with Crippen molar-refractivity contribution in [3.63, 3.8) is 0 Å². The maximum atomic E-state index is 12.2. The topological polar surface area (TPSA) is 104 Å². The van der Waals surface area contributed by atoms with Crippen LogP contribution in [0.2, 0.25) is 0 Å². The summed E-state index contributed by atoms with van der Waals surface area (Å²) in [6.07, 6.45) is 4.77. The van der Waals surface area contributed by atoms with Gasteiger partial charge in [0.1, 0.15) is 0 Å². The summed E-state index contributed by atoms with van der Waals surface area (Å²) in [5, 5.41) is 13.4. The van der Waals surface area contributed by atoms with E-state index in [4.69, 9.17) is 0 Å². The number of nitro groups is 1. The molecule has 0 spiro atoms. The van der Waals surface area contributed by atoms with Crippen molar-refractivity contribution >= 4 is 17.0 Å². The summed E-state index contributed by atoms with van der Waals surface area (Å²) in [5.41, 5.74) is -0.0829. The highest BCUT2D eigenvalue weighted by molar-refractivity contribution is 7.13. The fraction of sp³-hybridized carbons (Fsp3) is 0.143. The van der Waals surface area contributed by atoms with Crippen LogP contribution in [0.15, 0.2) is 40.9 Å². The highest BCUT2D eigenvalue weighted by atomic mass is 32.1. The van der Waals surface area contributed by atoms with Crippen LogP contribution in [-0.4, -0.2) is 24.4 Å². The van der Waals surface area contributed by atoms with E-state index >= 15 is 0 Å². The summed E-state index contributed by atoms with van der Waals surface area (Å²) in [5.74, 6) is 0.506. The van der Waals surface area contributed by atoms with E-state index in [9.17, 15) is 14.9 Å².